The van der Waals surface area contributed by atoms with E-state index in [9.17, 15) is 14.4 Å². The van der Waals surface area contributed by atoms with Gasteiger partial charge in [-0.05, 0) is 32.4 Å². The summed E-state index contributed by atoms with van der Waals surface area (Å²) < 4.78 is 0. The van der Waals surface area contributed by atoms with E-state index >= 15 is 0 Å². The summed E-state index contributed by atoms with van der Waals surface area (Å²) in [5.74, 6) is -0.198. The molecule has 8 heteroatoms. The van der Waals surface area contributed by atoms with Crippen molar-refractivity contribution in [3.05, 3.63) is 38.2 Å². The highest BCUT2D eigenvalue weighted by atomic mass is 16.2. The van der Waals surface area contributed by atoms with Crippen LogP contribution in [0.2, 0.25) is 0 Å². The minimum atomic E-state index is -0.636. The third-order valence-corrected chi connectivity index (χ3v) is 3.97. The monoisotopic (exact) mass is 317 g/mol. The third kappa shape index (κ3) is 2.89. The van der Waals surface area contributed by atoms with Crippen LogP contribution < -0.4 is 16.6 Å². The fraction of sp³-hybridized carbons (Fsp3) is 0.467. The molecule has 2 aromatic heterocycles. The van der Waals surface area contributed by atoms with Crippen LogP contribution in [0.3, 0.4) is 0 Å². The van der Waals surface area contributed by atoms with Crippen LogP contribution in [-0.4, -0.2) is 50.9 Å². The van der Waals surface area contributed by atoms with Gasteiger partial charge in [0.25, 0.3) is 11.5 Å². The SMILES string of the molecule is Cc1cc(C(=O)N2C[C@@H](C)N[C@H](C)C2)nc2[nH]c(=O)[nH]c(=O)c12. The Labute approximate surface area is 131 Å². The second-order valence-electron chi connectivity index (χ2n) is 6.14. The molecule has 0 unspecified atom stereocenters. The molecule has 0 radical (unpaired) electrons. The number of nitrogens with one attached hydrogen (secondary N) is 3. The Morgan fingerprint density at radius 1 is 1.22 bits per heavy atom. The average Bonchev–Trinajstić information content (AvgIpc) is 2.44. The molecule has 1 aliphatic heterocycles. The van der Waals surface area contributed by atoms with Gasteiger partial charge in [-0.3, -0.25) is 19.6 Å². The van der Waals surface area contributed by atoms with Crippen molar-refractivity contribution in [2.24, 2.45) is 0 Å². The Bertz CT molecular complexity index is 875. The highest BCUT2D eigenvalue weighted by Crippen LogP contribution is 2.14. The van der Waals surface area contributed by atoms with E-state index in [4.69, 9.17) is 0 Å². The fourth-order valence-corrected chi connectivity index (χ4v) is 3.12. The largest absolute Gasteiger partial charge is 0.334 e. The van der Waals surface area contributed by atoms with Gasteiger partial charge < -0.3 is 10.2 Å². The van der Waals surface area contributed by atoms with E-state index in [0.717, 1.165) is 0 Å². The number of rotatable bonds is 1. The van der Waals surface area contributed by atoms with Crippen molar-refractivity contribution < 1.29 is 4.79 Å². The van der Waals surface area contributed by atoms with E-state index in [1.165, 1.54) is 0 Å². The van der Waals surface area contributed by atoms with Crippen LogP contribution in [0, 0.1) is 6.92 Å². The zero-order chi connectivity index (χ0) is 16.7. The first-order valence-corrected chi connectivity index (χ1v) is 7.54. The first kappa shape index (κ1) is 15.4. The standard InChI is InChI=1S/C15H19N5O3/c1-7-4-10(14(22)20-5-8(2)16-9(3)6-20)17-12-11(7)13(21)19-15(23)18-12/h4,8-9,16H,5-6H2,1-3H3,(H2,17,18,19,21,23)/t8-,9-/m1/s1. The van der Waals surface area contributed by atoms with E-state index in [2.05, 4.69) is 20.3 Å². The molecule has 1 fully saturated rings. The quantitative estimate of drug-likeness (QED) is 0.671. The van der Waals surface area contributed by atoms with Crippen LogP contribution in [0.25, 0.3) is 11.0 Å². The van der Waals surface area contributed by atoms with Gasteiger partial charge in [0.2, 0.25) is 0 Å². The van der Waals surface area contributed by atoms with Crippen molar-refractivity contribution in [2.75, 3.05) is 13.1 Å². The number of H-pyrrole nitrogens is 2. The first-order chi connectivity index (χ1) is 10.8. The van der Waals surface area contributed by atoms with Gasteiger partial charge >= 0.3 is 5.69 Å². The summed E-state index contributed by atoms with van der Waals surface area (Å²) in [6, 6.07) is 1.99. The number of piperazine rings is 1. The van der Waals surface area contributed by atoms with Crippen LogP contribution in [0.4, 0.5) is 0 Å². The van der Waals surface area contributed by atoms with Gasteiger partial charge in [-0.2, -0.15) is 0 Å². The number of aryl methyl sites for hydroxylation is 1. The van der Waals surface area contributed by atoms with Crippen LogP contribution in [-0.2, 0) is 0 Å². The maximum Gasteiger partial charge on any atom is 0.327 e. The fourth-order valence-electron chi connectivity index (χ4n) is 3.12. The predicted octanol–water partition coefficient (Wildman–Crippen LogP) is -0.258. The van der Waals surface area contributed by atoms with E-state index < -0.39 is 11.2 Å². The molecule has 2 atom stereocenters. The Hall–Kier alpha value is -2.48. The van der Waals surface area contributed by atoms with Gasteiger partial charge in [0.1, 0.15) is 11.3 Å². The topological polar surface area (TPSA) is 111 Å². The lowest BCUT2D eigenvalue weighted by Crippen LogP contribution is -2.56. The van der Waals surface area contributed by atoms with Gasteiger partial charge in [0.15, 0.2) is 0 Å². The third-order valence-electron chi connectivity index (χ3n) is 3.97. The first-order valence-electron chi connectivity index (χ1n) is 7.54. The summed E-state index contributed by atoms with van der Waals surface area (Å²) in [5, 5.41) is 3.66. The summed E-state index contributed by atoms with van der Waals surface area (Å²) >= 11 is 0. The van der Waals surface area contributed by atoms with Gasteiger partial charge in [0.05, 0.1) is 5.39 Å². The molecule has 122 valence electrons. The highest BCUT2D eigenvalue weighted by Gasteiger charge is 2.26. The van der Waals surface area contributed by atoms with Crippen molar-refractivity contribution in [3.8, 4) is 0 Å². The van der Waals surface area contributed by atoms with Crippen molar-refractivity contribution in [1.29, 1.82) is 0 Å². The van der Waals surface area contributed by atoms with Crippen LogP contribution in [0.5, 0.6) is 0 Å². The maximum atomic E-state index is 12.7. The van der Waals surface area contributed by atoms with Crippen LogP contribution in [0.1, 0.15) is 29.9 Å². The molecule has 3 N–H and O–H groups in total. The minimum absolute atomic E-state index is 0.137. The van der Waals surface area contributed by atoms with E-state index in [1.54, 1.807) is 17.9 Å². The zero-order valence-corrected chi connectivity index (χ0v) is 13.3. The molecule has 23 heavy (non-hydrogen) atoms. The second-order valence-corrected chi connectivity index (χ2v) is 6.14. The predicted molar refractivity (Wildman–Crippen MR) is 85.7 cm³/mol. The Morgan fingerprint density at radius 3 is 2.52 bits per heavy atom. The minimum Gasteiger partial charge on any atom is -0.334 e. The number of amides is 1. The molecule has 2 aromatic rings. The molecule has 0 bridgehead atoms. The lowest BCUT2D eigenvalue weighted by molar-refractivity contribution is 0.0668. The molecular weight excluding hydrogens is 298 g/mol. The van der Waals surface area contributed by atoms with Gasteiger partial charge in [-0.25, -0.2) is 9.78 Å². The van der Waals surface area contributed by atoms with Gasteiger partial charge in [-0.15, -0.1) is 0 Å². The smallest absolute Gasteiger partial charge is 0.327 e. The molecule has 0 aromatic carbocycles. The van der Waals surface area contributed by atoms with Gasteiger partial charge in [0, 0.05) is 25.2 Å². The molecule has 0 aliphatic carbocycles. The summed E-state index contributed by atoms with van der Waals surface area (Å²) in [5.41, 5.74) is -0.163. The van der Waals surface area contributed by atoms with Crippen LogP contribution >= 0.6 is 0 Å². The average molecular weight is 317 g/mol. The summed E-state index contributed by atoms with van der Waals surface area (Å²) in [4.78, 5) is 46.6. The number of hydrogen-bond donors (Lipinski definition) is 3. The van der Waals surface area contributed by atoms with Crippen molar-refractivity contribution in [3.63, 3.8) is 0 Å². The number of nitrogens with zero attached hydrogens (tertiary/aromatic N) is 2. The van der Waals surface area contributed by atoms with Crippen molar-refractivity contribution >= 4 is 16.9 Å². The summed E-state index contributed by atoms with van der Waals surface area (Å²) in [6.45, 7) is 6.94. The van der Waals surface area contributed by atoms with Crippen molar-refractivity contribution in [2.45, 2.75) is 32.9 Å². The number of carbonyl (C=O) groups excluding carboxylic acids is 1. The Balaban J connectivity index is 2.05. The molecule has 0 spiro atoms. The second kappa shape index (κ2) is 5.62. The van der Waals surface area contributed by atoms with Gasteiger partial charge in [-0.1, -0.05) is 0 Å². The zero-order valence-electron chi connectivity index (χ0n) is 13.3. The normalized spacial score (nSPS) is 21.6. The van der Waals surface area contributed by atoms with E-state index in [0.29, 0.717) is 24.0 Å². The number of hydrogen-bond acceptors (Lipinski definition) is 5. The number of pyridine rings is 1. The molecule has 0 saturated carbocycles. The molecule has 3 rings (SSSR count). The molecule has 3 heterocycles. The van der Waals surface area contributed by atoms with Crippen molar-refractivity contribution in [1.82, 2.24) is 25.2 Å². The van der Waals surface area contributed by atoms with E-state index in [1.807, 2.05) is 13.8 Å². The Kier molecular flexibility index (Phi) is 3.77. The molecule has 8 nitrogen and oxygen atoms in total. The molecular formula is C15H19N5O3. The lowest BCUT2D eigenvalue weighted by atomic mass is 10.1. The molecule has 1 amide bonds. The highest BCUT2D eigenvalue weighted by molar-refractivity contribution is 5.95. The van der Waals surface area contributed by atoms with Crippen LogP contribution in [0.15, 0.2) is 15.7 Å². The molecule has 1 aliphatic rings. The number of carbonyl (C=O) groups is 1. The molecule has 1 saturated heterocycles. The summed E-state index contributed by atoms with van der Waals surface area (Å²) in [7, 11) is 0. The lowest BCUT2D eigenvalue weighted by Gasteiger charge is -2.36. The maximum absolute atomic E-state index is 12.7. The number of fused-ring (bicyclic) bond motifs is 1. The number of aromatic nitrogens is 3. The summed E-state index contributed by atoms with van der Waals surface area (Å²) in [6.07, 6.45) is 0. The van der Waals surface area contributed by atoms with E-state index in [-0.39, 0.29) is 29.3 Å². The number of aromatic amines is 2. The Morgan fingerprint density at radius 2 is 1.87 bits per heavy atom.